The topological polar surface area (TPSA) is 41.9 Å². The Bertz CT molecular complexity index is 975. The van der Waals surface area contributed by atoms with Gasteiger partial charge in [-0.15, -0.1) is 0 Å². The zero-order valence-corrected chi connectivity index (χ0v) is 13.1. The van der Waals surface area contributed by atoms with Gasteiger partial charge in [-0.1, -0.05) is 13.8 Å². The number of benzene rings is 1. The lowest BCUT2D eigenvalue weighted by Gasteiger charge is -2.46. The molecule has 0 bridgehead atoms. The summed E-state index contributed by atoms with van der Waals surface area (Å²) >= 11 is 0. The van der Waals surface area contributed by atoms with E-state index in [0.717, 1.165) is 11.0 Å². The summed E-state index contributed by atoms with van der Waals surface area (Å²) in [6.07, 6.45) is -6.31. The molecule has 1 fully saturated rings. The molecule has 3 atom stereocenters. The molecular formula is C19H29NO3. The highest BCUT2D eigenvalue weighted by Crippen LogP contribution is 2.43. The number of hydrogen-bond acceptors (Lipinski definition) is 4. The summed E-state index contributed by atoms with van der Waals surface area (Å²) in [4.78, 5) is 1.08. The molecule has 3 rings (SSSR count). The van der Waals surface area contributed by atoms with Crippen LogP contribution in [0.2, 0.25) is 0 Å². The van der Waals surface area contributed by atoms with Crippen molar-refractivity contribution < 1.29 is 31.0 Å². The highest BCUT2D eigenvalue weighted by molar-refractivity contribution is 5.49. The minimum absolute atomic E-state index is 0.0135. The van der Waals surface area contributed by atoms with Gasteiger partial charge in [0, 0.05) is 25.9 Å². The Balaban J connectivity index is 2.25. The van der Waals surface area contributed by atoms with Crippen LogP contribution in [0.25, 0.3) is 0 Å². The third kappa shape index (κ3) is 3.20. The van der Waals surface area contributed by atoms with Crippen LogP contribution in [-0.4, -0.2) is 43.2 Å². The molecule has 0 aromatic heterocycles. The van der Waals surface area contributed by atoms with Crippen molar-refractivity contribution in [1.82, 2.24) is 4.90 Å². The standard InChI is InChI=1S/C19H29NO3/c1-12(2)7-14-11-20-6-5-13-8-18(22-3)19(23-4)9-15(13)16(20)10-17(14)21/h8-9,12,14,16-17,21H,5-7,10-11H2,1-4H3/t14-,16-,17+/m0/s1/i3D3,4D3,10D2,11D2,14D,17D. The fraction of sp³-hybridized carbons (Fsp3) is 0.684. The Hall–Kier alpha value is -1.26. The molecule has 2 aliphatic rings. The van der Waals surface area contributed by atoms with Crippen LogP contribution >= 0.6 is 0 Å². The third-order valence-electron chi connectivity index (χ3n) is 4.10. The SMILES string of the molecule is [2H]C([2H])([2H])Oc1cc2c(cc1OC([2H])([2H])[2H])[C@H]1N(CC2)C([2H])([2H])[C@]([2H])(CC(C)C)[C@]([2H])(O)C1([2H])[2H]. The van der Waals surface area contributed by atoms with Gasteiger partial charge in [0.05, 0.1) is 29.8 Å². The minimum atomic E-state index is -3.21. The minimum Gasteiger partial charge on any atom is -0.493 e. The van der Waals surface area contributed by atoms with Crippen LogP contribution in [-0.2, 0) is 6.42 Å². The fourth-order valence-electron chi connectivity index (χ4n) is 3.06. The number of rotatable bonds is 4. The first kappa shape index (κ1) is 7.32. The molecule has 4 heteroatoms. The molecule has 1 aromatic carbocycles. The first-order valence-electron chi connectivity index (χ1n) is 13.6. The summed E-state index contributed by atoms with van der Waals surface area (Å²) in [7, 11) is -5.96. The molecule has 23 heavy (non-hydrogen) atoms. The van der Waals surface area contributed by atoms with Crippen molar-refractivity contribution in [3.05, 3.63) is 23.3 Å². The lowest BCUT2D eigenvalue weighted by atomic mass is 9.79. The van der Waals surface area contributed by atoms with E-state index in [1.807, 2.05) is 0 Å². The van der Waals surface area contributed by atoms with Crippen molar-refractivity contribution in [2.45, 2.75) is 45.2 Å². The Morgan fingerprint density at radius 1 is 1.39 bits per heavy atom. The lowest BCUT2D eigenvalue weighted by Crippen LogP contribution is -2.48. The van der Waals surface area contributed by atoms with E-state index in [4.69, 9.17) is 25.9 Å². The van der Waals surface area contributed by atoms with Gasteiger partial charge in [0.15, 0.2) is 11.5 Å². The van der Waals surface area contributed by atoms with Gasteiger partial charge in [0.25, 0.3) is 0 Å². The number of piperidine rings is 1. The molecule has 0 unspecified atom stereocenters. The Morgan fingerprint density at radius 3 is 2.83 bits per heavy atom. The van der Waals surface area contributed by atoms with Gasteiger partial charge in [-0.2, -0.15) is 0 Å². The maximum Gasteiger partial charge on any atom is 0.161 e. The molecule has 128 valence electrons. The van der Waals surface area contributed by atoms with E-state index in [1.165, 1.54) is 6.07 Å². The molecule has 0 saturated carbocycles. The molecule has 2 aliphatic heterocycles. The Kier molecular flexibility index (Phi) is 2.13. The van der Waals surface area contributed by atoms with Crippen LogP contribution in [0.3, 0.4) is 0 Å². The van der Waals surface area contributed by atoms with Gasteiger partial charge in [-0.05, 0) is 54.3 Å². The summed E-state index contributed by atoms with van der Waals surface area (Å²) in [6.45, 7) is 0.604. The predicted octanol–water partition coefficient (Wildman–Crippen LogP) is 3.03. The molecule has 0 radical (unpaired) electrons. The largest absolute Gasteiger partial charge is 0.493 e. The number of fused-ring (bicyclic) bond motifs is 3. The third-order valence-corrected chi connectivity index (χ3v) is 4.10. The molecule has 1 aromatic rings. The number of hydrogen-bond donors (Lipinski definition) is 1. The molecule has 2 heterocycles. The highest BCUT2D eigenvalue weighted by atomic mass is 16.5. The molecule has 1 saturated heterocycles. The molecule has 0 spiro atoms. The second-order valence-electron chi connectivity index (χ2n) is 6.23. The van der Waals surface area contributed by atoms with Gasteiger partial charge >= 0.3 is 0 Å². The van der Waals surface area contributed by atoms with Gasteiger partial charge < -0.3 is 14.6 Å². The normalized spacial score (nSPS) is 47.0. The summed E-state index contributed by atoms with van der Waals surface area (Å²) in [6, 6.07) is 0.657. The van der Waals surface area contributed by atoms with Crippen LogP contribution in [0.5, 0.6) is 11.5 Å². The Morgan fingerprint density at radius 2 is 2.13 bits per heavy atom. The average Bonchev–Trinajstić information content (AvgIpc) is 2.63. The summed E-state index contributed by atoms with van der Waals surface area (Å²) in [5, 5.41) is 11.2. The molecule has 1 N–H and O–H groups in total. The van der Waals surface area contributed by atoms with Crippen LogP contribution in [0, 0.1) is 11.8 Å². The van der Waals surface area contributed by atoms with E-state index in [0.29, 0.717) is 5.56 Å². The molecule has 0 aliphatic carbocycles. The van der Waals surface area contributed by atoms with E-state index in [1.54, 1.807) is 13.8 Å². The lowest BCUT2D eigenvalue weighted by molar-refractivity contribution is -0.0191. The van der Waals surface area contributed by atoms with Gasteiger partial charge in [0.1, 0.15) is 0 Å². The zero-order valence-electron chi connectivity index (χ0n) is 25.1. The van der Waals surface area contributed by atoms with E-state index in [2.05, 4.69) is 0 Å². The highest BCUT2D eigenvalue weighted by Gasteiger charge is 2.38. The number of methoxy groups -OCH3 is 2. The van der Waals surface area contributed by atoms with E-state index < -0.39 is 56.5 Å². The van der Waals surface area contributed by atoms with Crippen LogP contribution in [0.4, 0.5) is 0 Å². The maximum absolute atomic E-state index is 11.2. The zero-order chi connectivity index (χ0) is 27.0. The quantitative estimate of drug-likeness (QED) is 0.921. The predicted molar refractivity (Wildman–Crippen MR) is 91.1 cm³/mol. The van der Waals surface area contributed by atoms with Gasteiger partial charge in [-0.3, -0.25) is 4.90 Å². The average molecular weight is 332 g/mol. The van der Waals surface area contributed by atoms with Crippen LogP contribution in [0.1, 0.15) is 60.3 Å². The van der Waals surface area contributed by atoms with E-state index in [9.17, 15) is 5.11 Å². The molecular weight excluding hydrogens is 290 g/mol. The fourth-order valence-corrected chi connectivity index (χ4v) is 3.06. The first-order valence-corrected chi connectivity index (χ1v) is 7.59. The van der Waals surface area contributed by atoms with Crippen LogP contribution < -0.4 is 9.47 Å². The van der Waals surface area contributed by atoms with Crippen molar-refractivity contribution in [1.29, 1.82) is 0 Å². The molecule has 4 nitrogen and oxygen atoms in total. The summed E-state index contributed by atoms with van der Waals surface area (Å²) in [5.74, 6) is -3.84. The Labute approximate surface area is 156 Å². The van der Waals surface area contributed by atoms with E-state index in [-0.39, 0.29) is 30.9 Å². The van der Waals surface area contributed by atoms with E-state index >= 15 is 0 Å². The monoisotopic (exact) mass is 331 g/mol. The van der Waals surface area contributed by atoms with Crippen molar-refractivity contribution in [2.24, 2.45) is 11.8 Å². The maximum atomic E-state index is 11.2. The number of aliphatic hydroxyl groups is 1. The van der Waals surface area contributed by atoms with Crippen molar-refractivity contribution in [2.75, 3.05) is 27.1 Å². The second kappa shape index (κ2) is 6.70. The van der Waals surface area contributed by atoms with Crippen molar-refractivity contribution >= 4 is 0 Å². The van der Waals surface area contributed by atoms with Crippen molar-refractivity contribution in [3.8, 4) is 11.5 Å². The summed E-state index contributed by atoms with van der Waals surface area (Å²) < 4.78 is 107. The first-order chi connectivity index (χ1) is 15.6. The molecule has 0 amide bonds. The smallest absolute Gasteiger partial charge is 0.161 e. The van der Waals surface area contributed by atoms with Crippen LogP contribution in [0.15, 0.2) is 12.1 Å². The number of ether oxygens (including phenoxy) is 2. The summed E-state index contributed by atoms with van der Waals surface area (Å²) in [5.41, 5.74) is 0.333. The van der Waals surface area contributed by atoms with Gasteiger partial charge in [-0.25, -0.2) is 0 Å². The second-order valence-corrected chi connectivity index (χ2v) is 6.23. The van der Waals surface area contributed by atoms with Crippen molar-refractivity contribution in [3.63, 3.8) is 0 Å². The van der Waals surface area contributed by atoms with Gasteiger partial charge in [0.2, 0.25) is 0 Å². The number of nitrogens with zero attached hydrogens (tertiary/aromatic N) is 1.